The van der Waals surface area contributed by atoms with Gasteiger partial charge in [-0.1, -0.05) is 32.9 Å². The normalized spacial score (nSPS) is 50.0. The first-order chi connectivity index (χ1) is 12.7. The van der Waals surface area contributed by atoms with E-state index in [4.69, 9.17) is 10.6 Å². The fourth-order valence-electron chi connectivity index (χ4n) is 8.22. The predicted molar refractivity (Wildman–Crippen MR) is 109 cm³/mol. The lowest BCUT2D eigenvalue weighted by molar-refractivity contribution is -0.131. The Kier molecular flexibility index (Phi) is 4.91. The lowest BCUT2D eigenvalue weighted by Gasteiger charge is -2.63. The Balaban J connectivity index is 1.59. The van der Waals surface area contributed by atoms with Gasteiger partial charge < -0.3 is 15.7 Å². The van der Waals surface area contributed by atoms with Gasteiger partial charge in [-0.15, -0.1) is 0 Å². The quantitative estimate of drug-likeness (QED) is 0.568. The average molecular weight is 377 g/mol. The molecule has 0 aromatic rings. The van der Waals surface area contributed by atoms with Crippen LogP contribution in [0.2, 0.25) is 0 Å². The van der Waals surface area contributed by atoms with E-state index in [2.05, 4.69) is 32.9 Å². The van der Waals surface area contributed by atoms with Crippen LogP contribution in [0, 0.1) is 39.9 Å². The Labute approximate surface area is 165 Å². The van der Waals surface area contributed by atoms with Crippen molar-refractivity contribution in [3.63, 3.8) is 0 Å². The Morgan fingerprint density at radius 3 is 2.48 bits per heavy atom. The summed E-state index contributed by atoms with van der Waals surface area (Å²) in [4.78, 5) is 5.49. The molecule has 154 valence electrons. The fraction of sp³-hybridized carbons (Fsp3) is 0.957. The van der Waals surface area contributed by atoms with Crippen LogP contribution < -0.4 is 5.73 Å². The Hall–Kier alpha value is -0.610. The van der Waals surface area contributed by atoms with Crippen LogP contribution in [0.5, 0.6) is 0 Å². The Bertz CT molecular complexity index is 603. The van der Waals surface area contributed by atoms with Gasteiger partial charge in [0.15, 0.2) is 0 Å². The van der Waals surface area contributed by atoms with Gasteiger partial charge in [0.25, 0.3) is 0 Å². The number of nitrogens with zero attached hydrogens (tertiary/aromatic N) is 1. The Morgan fingerprint density at radius 1 is 1.00 bits per heavy atom. The number of oxime groups is 1. The molecule has 0 aliphatic heterocycles. The number of aliphatic hydroxyl groups excluding tert-OH is 1. The SMILES string of the molecule is CC1(C)C(=NOCCN)CC[C@@]2(C)C1CC[C@@H]1[C@H]2CC[C@]2(C)C(O)CC[C@@H]12. The van der Waals surface area contributed by atoms with Crippen molar-refractivity contribution in [3.8, 4) is 0 Å². The molecule has 4 heteroatoms. The molecule has 0 saturated heterocycles. The molecule has 0 radical (unpaired) electrons. The molecule has 0 amide bonds. The van der Waals surface area contributed by atoms with E-state index in [9.17, 15) is 5.11 Å². The van der Waals surface area contributed by atoms with Gasteiger partial charge in [-0.2, -0.15) is 0 Å². The molecule has 2 unspecified atom stereocenters. The summed E-state index contributed by atoms with van der Waals surface area (Å²) in [5.41, 5.74) is 7.48. The molecule has 4 aliphatic rings. The van der Waals surface area contributed by atoms with Crippen molar-refractivity contribution in [2.24, 2.45) is 50.8 Å². The van der Waals surface area contributed by atoms with Crippen LogP contribution >= 0.6 is 0 Å². The van der Waals surface area contributed by atoms with Gasteiger partial charge in [0.05, 0.1) is 11.8 Å². The van der Waals surface area contributed by atoms with E-state index < -0.39 is 0 Å². The third-order valence-electron chi connectivity index (χ3n) is 9.72. The van der Waals surface area contributed by atoms with Crippen LogP contribution in [0.1, 0.15) is 79.1 Å². The van der Waals surface area contributed by atoms with E-state index in [1.165, 1.54) is 44.2 Å². The number of nitrogens with two attached hydrogens (primary N) is 1. The zero-order chi connectivity index (χ0) is 19.4. The summed E-state index contributed by atoms with van der Waals surface area (Å²) in [6.07, 6.45) is 9.61. The molecular formula is C23H40N2O2. The number of aliphatic hydroxyl groups is 1. The minimum atomic E-state index is -0.0739. The summed E-state index contributed by atoms with van der Waals surface area (Å²) in [6.45, 7) is 10.8. The largest absolute Gasteiger partial charge is 0.394 e. The molecule has 4 rings (SSSR count). The molecule has 7 atom stereocenters. The predicted octanol–water partition coefficient (Wildman–Crippen LogP) is 4.36. The summed E-state index contributed by atoms with van der Waals surface area (Å²) >= 11 is 0. The maximum absolute atomic E-state index is 10.7. The number of hydrogen-bond acceptors (Lipinski definition) is 4. The van der Waals surface area contributed by atoms with Crippen LogP contribution in [0.4, 0.5) is 0 Å². The molecule has 0 bridgehead atoms. The van der Waals surface area contributed by atoms with Crippen molar-refractivity contribution in [1.29, 1.82) is 0 Å². The van der Waals surface area contributed by atoms with E-state index in [1.807, 2.05) is 0 Å². The van der Waals surface area contributed by atoms with Gasteiger partial charge in [-0.3, -0.25) is 0 Å². The summed E-state index contributed by atoms with van der Waals surface area (Å²) < 4.78 is 0. The monoisotopic (exact) mass is 376 g/mol. The average Bonchev–Trinajstić information content (AvgIpc) is 2.92. The third-order valence-corrected chi connectivity index (χ3v) is 9.72. The maximum Gasteiger partial charge on any atom is 0.129 e. The maximum atomic E-state index is 10.7. The van der Waals surface area contributed by atoms with Crippen LogP contribution in [-0.2, 0) is 4.84 Å². The zero-order valence-electron chi connectivity index (χ0n) is 17.8. The van der Waals surface area contributed by atoms with E-state index in [1.54, 1.807) is 0 Å². The highest BCUT2D eigenvalue weighted by Gasteiger charge is 2.62. The third kappa shape index (κ3) is 2.80. The second-order valence-electron chi connectivity index (χ2n) is 11.0. The lowest BCUT2D eigenvalue weighted by Crippen LogP contribution is -2.58. The molecule has 4 fully saturated rings. The minimum absolute atomic E-state index is 0.0739. The number of hydrogen-bond donors (Lipinski definition) is 2. The fourth-order valence-corrected chi connectivity index (χ4v) is 8.22. The van der Waals surface area contributed by atoms with Gasteiger partial charge in [0.2, 0.25) is 0 Å². The minimum Gasteiger partial charge on any atom is -0.394 e. The van der Waals surface area contributed by atoms with Crippen molar-refractivity contribution in [2.75, 3.05) is 13.2 Å². The van der Waals surface area contributed by atoms with E-state index in [-0.39, 0.29) is 16.9 Å². The van der Waals surface area contributed by atoms with Gasteiger partial charge in [-0.05, 0) is 85.9 Å². The molecule has 4 saturated carbocycles. The first-order valence-electron chi connectivity index (χ1n) is 11.3. The topological polar surface area (TPSA) is 67.8 Å². The van der Waals surface area contributed by atoms with Gasteiger partial charge in [0.1, 0.15) is 6.61 Å². The molecule has 0 heterocycles. The van der Waals surface area contributed by atoms with Crippen molar-refractivity contribution in [3.05, 3.63) is 0 Å². The van der Waals surface area contributed by atoms with Crippen molar-refractivity contribution in [1.82, 2.24) is 0 Å². The first-order valence-corrected chi connectivity index (χ1v) is 11.3. The molecular weight excluding hydrogens is 336 g/mol. The summed E-state index contributed by atoms with van der Waals surface area (Å²) in [7, 11) is 0. The molecule has 4 aliphatic carbocycles. The number of fused-ring (bicyclic) bond motifs is 5. The van der Waals surface area contributed by atoms with E-state index in [0.29, 0.717) is 24.5 Å². The summed E-state index contributed by atoms with van der Waals surface area (Å²) in [5, 5.41) is 15.2. The van der Waals surface area contributed by atoms with Crippen molar-refractivity contribution in [2.45, 2.75) is 85.2 Å². The molecule has 4 nitrogen and oxygen atoms in total. The smallest absolute Gasteiger partial charge is 0.129 e. The molecule has 0 spiro atoms. The molecule has 27 heavy (non-hydrogen) atoms. The highest BCUT2D eigenvalue weighted by Crippen LogP contribution is 2.68. The van der Waals surface area contributed by atoms with E-state index in [0.717, 1.165) is 30.6 Å². The second kappa shape index (κ2) is 6.73. The lowest BCUT2D eigenvalue weighted by atomic mass is 9.41. The molecule has 0 aromatic carbocycles. The highest BCUT2D eigenvalue weighted by atomic mass is 16.6. The summed E-state index contributed by atoms with van der Waals surface area (Å²) in [6, 6.07) is 0. The molecule has 0 aromatic heterocycles. The zero-order valence-corrected chi connectivity index (χ0v) is 17.8. The van der Waals surface area contributed by atoms with Gasteiger partial charge >= 0.3 is 0 Å². The second-order valence-corrected chi connectivity index (χ2v) is 11.0. The standard InChI is InChI=1S/C23H40N2O2/c1-21(2)18-7-5-15-16-6-8-20(26)23(16,4)11-9-17(15)22(18,3)12-10-19(21)25-27-14-13-24/h15-18,20,26H,5-14,24H2,1-4H3/t15-,16-,17+,18?,20?,22+,23-/m0/s1. The summed E-state index contributed by atoms with van der Waals surface area (Å²) in [5.74, 6) is 3.03. The highest BCUT2D eigenvalue weighted by molar-refractivity contribution is 5.90. The van der Waals surface area contributed by atoms with Gasteiger partial charge in [0, 0.05) is 12.0 Å². The molecule has 3 N–H and O–H groups in total. The Morgan fingerprint density at radius 2 is 1.74 bits per heavy atom. The van der Waals surface area contributed by atoms with Crippen LogP contribution in [0.15, 0.2) is 5.16 Å². The first kappa shape index (κ1) is 19.7. The van der Waals surface area contributed by atoms with Crippen LogP contribution in [-0.4, -0.2) is 30.1 Å². The van der Waals surface area contributed by atoms with Crippen LogP contribution in [0.25, 0.3) is 0 Å². The van der Waals surface area contributed by atoms with E-state index >= 15 is 0 Å². The number of rotatable bonds is 3. The van der Waals surface area contributed by atoms with Gasteiger partial charge in [-0.25, -0.2) is 0 Å². The van der Waals surface area contributed by atoms with Crippen molar-refractivity contribution >= 4 is 5.71 Å². The van der Waals surface area contributed by atoms with Crippen LogP contribution in [0.3, 0.4) is 0 Å². The van der Waals surface area contributed by atoms with Crippen molar-refractivity contribution < 1.29 is 9.94 Å².